The highest BCUT2D eigenvalue weighted by Gasteiger charge is 2.36. The molecule has 3 nitrogen and oxygen atoms in total. The first-order valence-corrected chi connectivity index (χ1v) is 19.1. The molecule has 7 aromatic carbocycles. The summed E-state index contributed by atoms with van der Waals surface area (Å²) in [7, 11) is 0. The molecule has 0 amide bonds. The lowest BCUT2D eigenvalue weighted by atomic mass is 9.75. The van der Waals surface area contributed by atoms with Gasteiger partial charge in [-0.2, -0.15) is 0 Å². The van der Waals surface area contributed by atoms with Gasteiger partial charge < -0.3 is 4.57 Å². The Kier molecular flexibility index (Phi) is 8.84. The second-order valence-corrected chi connectivity index (χ2v) is 14.6. The molecule has 9 aromatic rings. The van der Waals surface area contributed by atoms with Gasteiger partial charge in [0, 0.05) is 44.3 Å². The molecule has 0 saturated heterocycles. The Morgan fingerprint density at radius 3 is 1.57 bits per heavy atom. The first-order chi connectivity index (χ1) is 27.5. The maximum Gasteiger partial charge on any atom is 0.160 e. The number of fused-ring (bicyclic) bond motifs is 7. The zero-order valence-corrected chi connectivity index (χ0v) is 31.7. The average molecular weight is 720 g/mol. The third-order valence-electron chi connectivity index (χ3n) is 11.0. The minimum Gasteiger partial charge on any atom is -0.309 e. The van der Waals surface area contributed by atoms with Crippen LogP contribution in [0, 0.1) is 0 Å². The normalized spacial score (nSPS) is 12.4. The fourth-order valence-electron chi connectivity index (χ4n) is 8.37. The molecule has 0 atom stereocenters. The van der Waals surface area contributed by atoms with Gasteiger partial charge in [0.2, 0.25) is 0 Å². The van der Waals surface area contributed by atoms with Gasteiger partial charge in [-0.3, -0.25) is 0 Å². The monoisotopic (exact) mass is 719 g/mol. The lowest BCUT2D eigenvalue weighted by Gasteiger charge is -2.28. The summed E-state index contributed by atoms with van der Waals surface area (Å²) in [6, 6.07) is 67.2. The molecule has 2 heterocycles. The van der Waals surface area contributed by atoms with E-state index in [-0.39, 0.29) is 5.41 Å². The Labute approximate surface area is 329 Å². The van der Waals surface area contributed by atoms with E-state index in [4.69, 9.17) is 9.97 Å². The largest absolute Gasteiger partial charge is 0.309 e. The Balaban J connectivity index is 0.00000202. The number of nitrogens with zero attached hydrogens (tertiary/aromatic N) is 3. The van der Waals surface area contributed by atoms with Crippen molar-refractivity contribution in [2.45, 2.75) is 19.3 Å². The van der Waals surface area contributed by atoms with E-state index in [1.807, 2.05) is 24.3 Å². The summed E-state index contributed by atoms with van der Waals surface area (Å²) in [5.74, 6) is 0.718. The summed E-state index contributed by atoms with van der Waals surface area (Å²) in [4.78, 5) is 10.1. The van der Waals surface area contributed by atoms with E-state index in [1.165, 1.54) is 50.0 Å². The molecule has 0 fully saturated rings. The van der Waals surface area contributed by atoms with Crippen molar-refractivity contribution in [2.75, 3.05) is 0 Å². The van der Waals surface area contributed by atoms with Gasteiger partial charge in [0.05, 0.1) is 22.6 Å². The average Bonchev–Trinajstić information content (AvgIpc) is 3.58. The summed E-state index contributed by atoms with van der Waals surface area (Å²) in [5, 5.41) is 1.24. The summed E-state index contributed by atoms with van der Waals surface area (Å²) in [6.07, 6.45) is 0. The molecule has 0 N–H and O–H groups in total. The topological polar surface area (TPSA) is 30.7 Å². The third-order valence-corrected chi connectivity index (χ3v) is 11.0. The van der Waals surface area contributed by atoms with Crippen molar-refractivity contribution in [3.63, 3.8) is 0 Å². The molecule has 10 rings (SSSR count). The van der Waals surface area contributed by atoms with Gasteiger partial charge in [-0.25, -0.2) is 9.97 Å². The van der Waals surface area contributed by atoms with Crippen LogP contribution in [0.3, 0.4) is 0 Å². The van der Waals surface area contributed by atoms with E-state index in [2.05, 4.69) is 195 Å². The van der Waals surface area contributed by atoms with E-state index in [0.29, 0.717) is 0 Å². The molecule has 0 radical (unpaired) electrons. The van der Waals surface area contributed by atoms with Crippen LogP contribution in [-0.4, -0.2) is 14.5 Å². The lowest BCUT2D eigenvalue weighted by Crippen LogP contribution is -2.20. The summed E-state index contributed by atoms with van der Waals surface area (Å²) < 4.78 is 2.47. The Hall–Kier alpha value is -7.10. The molecular formula is C53H41N3. The summed E-state index contributed by atoms with van der Waals surface area (Å²) in [6.45, 7) is 10.7. The van der Waals surface area contributed by atoms with E-state index in [1.54, 1.807) is 0 Å². The molecule has 0 saturated carbocycles. The number of hydrogen-bond donors (Lipinski definition) is 0. The number of benzene rings is 7. The SMILES string of the molecule is C=C.CC1(C)c2ccccc2-c2c(n(-c3ccccc3)c3ccc(-c4ccc(-c5cc(-c6ccccc6)nc(-c6ccccc6)n5)cc4)cc23)-c2ccccc21. The summed E-state index contributed by atoms with van der Waals surface area (Å²) in [5.41, 5.74) is 17.2. The maximum absolute atomic E-state index is 5.07. The molecule has 1 aliphatic carbocycles. The quantitative estimate of drug-likeness (QED) is 0.166. The smallest absolute Gasteiger partial charge is 0.160 e. The fourth-order valence-corrected chi connectivity index (χ4v) is 8.37. The molecule has 1 aliphatic rings. The molecule has 0 unspecified atom stereocenters. The summed E-state index contributed by atoms with van der Waals surface area (Å²) >= 11 is 0. The second kappa shape index (κ2) is 14.3. The van der Waals surface area contributed by atoms with E-state index in [9.17, 15) is 0 Å². The van der Waals surface area contributed by atoms with Crippen LogP contribution in [0.5, 0.6) is 0 Å². The van der Waals surface area contributed by atoms with Gasteiger partial charge >= 0.3 is 0 Å². The van der Waals surface area contributed by atoms with Crippen molar-refractivity contribution in [2.24, 2.45) is 0 Å². The number of aromatic nitrogens is 3. The van der Waals surface area contributed by atoms with Crippen molar-refractivity contribution in [3.05, 3.63) is 212 Å². The molecule has 3 heteroatoms. The number of hydrogen-bond acceptors (Lipinski definition) is 2. The standard InChI is InChI=1S/C51H37N3.C2H4/c1-51(2)43-24-14-12-22-40(43)48-42-32-38(30-31-47(42)54(39-20-10-5-11-21-39)49(48)41-23-13-15-25-44(41)51)34-26-28-36(29-27-34)46-33-45(35-16-6-3-7-17-35)52-50(53-46)37-18-8-4-9-19-37;1-2/h3-33H,1-2H3;1-2H2. The van der Waals surface area contributed by atoms with Crippen molar-refractivity contribution in [1.29, 1.82) is 0 Å². The van der Waals surface area contributed by atoms with Gasteiger partial charge in [-0.05, 0) is 58.1 Å². The highest BCUT2D eigenvalue weighted by Crippen LogP contribution is 2.53. The highest BCUT2D eigenvalue weighted by atomic mass is 15.0. The highest BCUT2D eigenvalue weighted by molar-refractivity contribution is 6.09. The number of rotatable bonds is 5. The van der Waals surface area contributed by atoms with E-state index in [0.717, 1.165) is 45.2 Å². The Morgan fingerprint density at radius 1 is 0.446 bits per heavy atom. The predicted molar refractivity (Wildman–Crippen MR) is 235 cm³/mol. The van der Waals surface area contributed by atoms with Gasteiger partial charge in [-0.15, -0.1) is 13.2 Å². The molecule has 0 bridgehead atoms. The molecule has 0 aliphatic heterocycles. The zero-order chi connectivity index (χ0) is 38.2. The van der Waals surface area contributed by atoms with Gasteiger partial charge in [0.1, 0.15) is 0 Å². The van der Waals surface area contributed by atoms with Gasteiger partial charge in [-0.1, -0.05) is 172 Å². The first-order valence-electron chi connectivity index (χ1n) is 19.1. The van der Waals surface area contributed by atoms with Gasteiger partial charge in [0.25, 0.3) is 0 Å². The van der Waals surface area contributed by atoms with Crippen molar-refractivity contribution in [3.8, 4) is 73.1 Å². The minimum atomic E-state index is -0.185. The van der Waals surface area contributed by atoms with E-state index >= 15 is 0 Å². The van der Waals surface area contributed by atoms with E-state index < -0.39 is 0 Å². The first kappa shape index (κ1) is 34.7. The van der Waals surface area contributed by atoms with Crippen molar-refractivity contribution < 1.29 is 0 Å². The zero-order valence-electron chi connectivity index (χ0n) is 31.7. The predicted octanol–water partition coefficient (Wildman–Crippen LogP) is 13.9. The number of para-hydroxylation sites is 1. The molecular weight excluding hydrogens is 679 g/mol. The van der Waals surface area contributed by atoms with Crippen molar-refractivity contribution in [1.82, 2.24) is 14.5 Å². The van der Waals surface area contributed by atoms with Crippen LogP contribution in [-0.2, 0) is 5.41 Å². The van der Waals surface area contributed by atoms with Crippen LogP contribution in [0.2, 0.25) is 0 Å². The Morgan fingerprint density at radius 2 is 0.929 bits per heavy atom. The minimum absolute atomic E-state index is 0.185. The third kappa shape index (κ3) is 5.86. The van der Waals surface area contributed by atoms with Crippen LogP contribution in [0.25, 0.3) is 84.0 Å². The fraction of sp³-hybridized carbons (Fsp3) is 0.0566. The van der Waals surface area contributed by atoms with Crippen LogP contribution < -0.4 is 0 Å². The van der Waals surface area contributed by atoms with Gasteiger partial charge in [0.15, 0.2) is 5.82 Å². The molecule has 268 valence electrons. The van der Waals surface area contributed by atoms with Crippen LogP contribution in [0.1, 0.15) is 25.0 Å². The maximum atomic E-state index is 5.07. The van der Waals surface area contributed by atoms with Crippen LogP contribution >= 0.6 is 0 Å². The van der Waals surface area contributed by atoms with Crippen LogP contribution in [0.4, 0.5) is 0 Å². The van der Waals surface area contributed by atoms with Crippen molar-refractivity contribution >= 4 is 10.9 Å². The molecule has 0 spiro atoms. The lowest BCUT2D eigenvalue weighted by molar-refractivity contribution is 0.646. The Bertz CT molecular complexity index is 2780. The molecule has 2 aromatic heterocycles. The molecule has 56 heavy (non-hydrogen) atoms. The van der Waals surface area contributed by atoms with Crippen LogP contribution in [0.15, 0.2) is 201 Å². The second-order valence-electron chi connectivity index (χ2n) is 14.6.